The molecule has 2 aliphatic rings. The van der Waals surface area contributed by atoms with Crippen molar-refractivity contribution in [2.45, 2.75) is 64.1 Å². The Balaban J connectivity index is 1.77. The summed E-state index contributed by atoms with van der Waals surface area (Å²) in [4.78, 5) is 11.7. The van der Waals surface area contributed by atoms with Gasteiger partial charge in [0.25, 0.3) is 0 Å². The molecule has 0 radical (unpaired) electrons. The van der Waals surface area contributed by atoms with Crippen LogP contribution >= 0.6 is 0 Å². The molecule has 0 aliphatic heterocycles. The van der Waals surface area contributed by atoms with Crippen molar-refractivity contribution >= 4 is 5.97 Å². The molecule has 0 bridgehead atoms. The number of ether oxygens (including phenoxy) is 1. The Hall–Kier alpha value is -1.55. The van der Waals surface area contributed by atoms with Crippen LogP contribution in [0.5, 0.6) is 0 Å². The molecule has 3 nitrogen and oxygen atoms in total. The van der Waals surface area contributed by atoms with Gasteiger partial charge in [0, 0.05) is 18.3 Å². The molecule has 2 rings (SSSR count). The maximum absolute atomic E-state index is 13.6. The van der Waals surface area contributed by atoms with Crippen LogP contribution < -0.4 is 0 Å². The van der Waals surface area contributed by atoms with Crippen molar-refractivity contribution in [3.63, 3.8) is 0 Å². The van der Waals surface area contributed by atoms with Gasteiger partial charge in [0.15, 0.2) is 0 Å². The topological polar surface area (TPSA) is 50.1 Å². The number of halogens is 1. The predicted molar refractivity (Wildman–Crippen MR) is 76.6 cm³/mol. The summed E-state index contributed by atoms with van der Waals surface area (Å²) in [5.74, 6) is 5.48. The Morgan fingerprint density at radius 2 is 1.90 bits per heavy atom. The second kappa shape index (κ2) is 7.46. The highest BCUT2D eigenvalue weighted by Gasteiger charge is 2.32. The molecule has 0 amide bonds. The molecule has 0 saturated heterocycles. The van der Waals surface area contributed by atoms with Gasteiger partial charge in [-0.2, -0.15) is 5.26 Å². The van der Waals surface area contributed by atoms with Gasteiger partial charge >= 0.3 is 5.97 Å². The van der Waals surface area contributed by atoms with Gasteiger partial charge in [0.05, 0.1) is 12.0 Å². The first kappa shape index (κ1) is 15.8. The van der Waals surface area contributed by atoms with Gasteiger partial charge < -0.3 is 4.74 Å². The van der Waals surface area contributed by atoms with E-state index >= 15 is 0 Å². The van der Waals surface area contributed by atoms with E-state index in [1.807, 2.05) is 6.07 Å². The van der Waals surface area contributed by atoms with Gasteiger partial charge in [-0.05, 0) is 44.4 Å². The number of rotatable bonds is 1. The maximum Gasteiger partial charge on any atom is 0.384 e. The summed E-state index contributed by atoms with van der Waals surface area (Å²) < 4.78 is 18.8. The molecular weight excluding hydrogens is 269 g/mol. The largest absolute Gasteiger partial charge is 0.453 e. The molecule has 2 fully saturated rings. The molecule has 0 aromatic heterocycles. The average molecular weight is 291 g/mol. The first-order valence-corrected chi connectivity index (χ1v) is 7.84. The molecule has 21 heavy (non-hydrogen) atoms. The van der Waals surface area contributed by atoms with Crippen LogP contribution in [0.2, 0.25) is 0 Å². The van der Waals surface area contributed by atoms with Crippen molar-refractivity contribution in [3.05, 3.63) is 0 Å². The maximum atomic E-state index is 13.6. The van der Waals surface area contributed by atoms with E-state index in [2.05, 4.69) is 18.8 Å². The number of carbonyl (C=O) groups is 1. The Labute approximate surface area is 125 Å². The zero-order chi connectivity index (χ0) is 15.2. The molecule has 2 aliphatic carbocycles. The van der Waals surface area contributed by atoms with Crippen LogP contribution in [0.1, 0.15) is 51.9 Å². The van der Waals surface area contributed by atoms with E-state index < -0.39 is 24.2 Å². The van der Waals surface area contributed by atoms with Crippen LogP contribution in [0.4, 0.5) is 4.39 Å². The summed E-state index contributed by atoms with van der Waals surface area (Å²) in [5.41, 5.74) is 0. The van der Waals surface area contributed by atoms with Gasteiger partial charge in [-0.15, -0.1) is 0 Å². The second-order valence-corrected chi connectivity index (χ2v) is 6.32. The number of hydrogen-bond acceptors (Lipinski definition) is 3. The van der Waals surface area contributed by atoms with E-state index in [0.717, 1.165) is 31.6 Å². The third-order valence-corrected chi connectivity index (χ3v) is 4.56. The molecule has 0 aromatic carbocycles. The van der Waals surface area contributed by atoms with Crippen LogP contribution in [-0.4, -0.2) is 18.2 Å². The fourth-order valence-electron chi connectivity index (χ4n) is 3.08. The van der Waals surface area contributed by atoms with Crippen LogP contribution in [0.15, 0.2) is 0 Å². The third-order valence-electron chi connectivity index (χ3n) is 4.56. The minimum atomic E-state index is -1.20. The van der Waals surface area contributed by atoms with Crippen molar-refractivity contribution in [1.82, 2.24) is 0 Å². The summed E-state index contributed by atoms with van der Waals surface area (Å²) in [6.45, 7) is 2.24. The first-order chi connectivity index (χ1) is 10.1. The molecular formula is C17H22FNO2. The predicted octanol–water partition coefficient (Wildman–Crippen LogP) is 3.39. The number of esters is 1. The molecule has 3 atom stereocenters. The Kier molecular flexibility index (Phi) is 5.62. The Morgan fingerprint density at radius 1 is 1.19 bits per heavy atom. The first-order valence-electron chi connectivity index (χ1n) is 7.84. The molecule has 114 valence electrons. The fraction of sp³-hybridized carbons (Fsp3) is 0.765. The molecule has 0 aromatic rings. The van der Waals surface area contributed by atoms with E-state index in [-0.39, 0.29) is 12.3 Å². The molecule has 4 heteroatoms. The SMILES string of the molecule is CC1CCC(C#CC(=O)OC2CCC(C#N)C(F)C2)CC1. The van der Waals surface area contributed by atoms with Crippen molar-refractivity contribution in [1.29, 1.82) is 5.26 Å². The molecule has 3 unspecified atom stereocenters. The monoisotopic (exact) mass is 291 g/mol. The molecule has 0 N–H and O–H groups in total. The molecule has 0 heterocycles. The van der Waals surface area contributed by atoms with Gasteiger partial charge in [0.2, 0.25) is 0 Å². The lowest BCUT2D eigenvalue weighted by Crippen LogP contribution is -2.31. The minimum Gasteiger partial charge on any atom is -0.453 e. The summed E-state index contributed by atoms with van der Waals surface area (Å²) >= 11 is 0. The highest BCUT2D eigenvalue weighted by atomic mass is 19.1. The normalized spacial score (nSPS) is 36.0. The lowest BCUT2D eigenvalue weighted by molar-refractivity contribution is -0.144. The van der Waals surface area contributed by atoms with Crippen molar-refractivity contribution < 1.29 is 13.9 Å². The molecule has 2 saturated carbocycles. The quantitative estimate of drug-likeness (QED) is 0.423. The lowest BCUT2D eigenvalue weighted by atomic mass is 9.83. The van der Waals surface area contributed by atoms with Crippen molar-refractivity contribution in [2.24, 2.45) is 17.8 Å². The third kappa shape index (κ3) is 4.74. The second-order valence-electron chi connectivity index (χ2n) is 6.32. The standard InChI is InChI=1S/C17H22FNO2/c1-12-2-4-13(5-3-12)6-9-17(20)21-15-8-7-14(11-19)16(18)10-15/h12-16H,2-5,7-8,10H2,1H3. The van der Waals surface area contributed by atoms with E-state index in [1.165, 1.54) is 0 Å². The number of alkyl halides is 1. The molecule has 0 spiro atoms. The van der Waals surface area contributed by atoms with E-state index in [4.69, 9.17) is 10.00 Å². The Bertz CT molecular complexity index is 465. The minimum absolute atomic E-state index is 0.118. The number of nitriles is 1. The zero-order valence-electron chi connectivity index (χ0n) is 12.5. The van der Waals surface area contributed by atoms with Gasteiger partial charge in [0.1, 0.15) is 12.3 Å². The smallest absolute Gasteiger partial charge is 0.384 e. The van der Waals surface area contributed by atoms with Crippen LogP contribution in [0, 0.1) is 40.9 Å². The zero-order valence-corrected chi connectivity index (χ0v) is 12.5. The summed E-state index contributed by atoms with van der Waals surface area (Å²) in [6, 6.07) is 1.96. The van der Waals surface area contributed by atoms with Gasteiger partial charge in [-0.25, -0.2) is 9.18 Å². The highest BCUT2D eigenvalue weighted by molar-refractivity contribution is 5.88. The fourth-order valence-corrected chi connectivity index (χ4v) is 3.08. The van der Waals surface area contributed by atoms with Gasteiger partial charge in [-0.1, -0.05) is 12.8 Å². The number of carbonyl (C=O) groups excluding carboxylic acids is 1. The average Bonchev–Trinajstić information content (AvgIpc) is 2.47. The highest BCUT2D eigenvalue weighted by Crippen LogP contribution is 2.29. The summed E-state index contributed by atoms with van der Waals surface area (Å²) in [6.07, 6.45) is 3.89. The van der Waals surface area contributed by atoms with Crippen LogP contribution in [0.3, 0.4) is 0 Å². The number of hydrogen-bond donors (Lipinski definition) is 0. The van der Waals surface area contributed by atoms with E-state index in [9.17, 15) is 9.18 Å². The Morgan fingerprint density at radius 3 is 2.52 bits per heavy atom. The van der Waals surface area contributed by atoms with E-state index in [1.54, 1.807) is 0 Å². The summed E-state index contributed by atoms with van der Waals surface area (Å²) in [5, 5.41) is 8.76. The van der Waals surface area contributed by atoms with Gasteiger partial charge in [-0.3, -0.25) is 0 Å². The van der Waals surface area contributed by atoms with Crippen molar-refractivity contribution in [2.75, 3.05) is 0 Å². The van der Waals surface area contributed by atoms with Crippen molar-refractivity contribution in [3.8, 4) is 17.9 Å². The van der Waals surface area contributed by atoms with Crippen LogP contribution in [0.25, 0.3) is 0 Å². The lowest BCUT2D eigenvalue weighted by Gasteiger charge is -2.27. The van der Waals surface area contributed by atoms with Crippen LogP contribution in [-0.2, 0) is 9.53 Å². The van der Waals surface area contributed by atoms with E-state index in [0.29, 0.717) is 12.8 Å². The number of nitrogens with zero attached hydrogens (tertiary/aromatic N) is 1. The summed E-state index contributed by atoms with van der Waals surface area (Å²) in [7, 11) is 0.